The summed E-state index contributed by atoms with van der Waals surface area (Å²) in [4.78, 5) is 14.5. The second-order valence-electron chi connectivity index (χ2n) is 8.08. The first-order chi connectivity index (χ1) is 15.0. The van der Waals surface area contributed by atoms with Gasteiger partial charge in [0.15, 0.2) is 0 Å². The predicted octanol–water partition coefficient (Wildman–Crippen LogP) is 6.03. The Morgan fingerprint density at radius 2 is 1.90 bits per heavy atom. The molecule has 1 aromatic heterocycles. The number of carboxylic acid groups (broad SMARTS) is 1. The van der Waals surface area contributed by atoms with Crippen LogP contribution in [0.15, 0.2) is 72.9 Å². The van der Waals surface area contributed by atoms with Crippen LogP contribution in [0.5, 0.6) is 5.75 Å². The van der Waals surface area contributed by atoms with Crippen molar-refractivity contribution in [2.24, 2.45) is 5.92 Å². The summed E-state index contributed by atoms with van der Waals surface area (Å²) in [6, 6.07) is 22.7. The molecule has 31 heavy (non-hydrogen) atoms. The maximum Gasteiger partial charge on any atom is 0.306 e. The Morgan fingerprint density at radius 1 is 1.06 bits per heavy atom. The van der Waals surface area contributed by atoms with E-state index in [4.69, 9.17) is 4.74 Å². The van der Waals surface area contributed by atoms with E-state index in [9.17, 15) is 9.90 Å². The van der Waals surface area contributed by atoms with Crippen LogP contribution in [-0.2, 0) is 17.6 Å². The Labute approximate surface area is 182 Å². The normalized spacial score (nSPS) is 12.1. The summed E-state index contributed by atoms with van der Waals surface area (Å²) in [5.41, 5.74) is 6.67. The number of benzene rings is 3. The molecule has 4 aromatic rings. The molecule has 158 valence electrons. The Kier molecular flexibility index (Phi) is 6.08. The molecule has 1 unspecified atom stereocenters. The summed E-state index contributed by atoms with van der Waals surface area (Å²) in [5.74, 6) is -0.406. The molecule has 0 fully saturated rings. The monoisotopic (exact) mass is 413 g/mol. The van der Waals surface area contributed by atoms with Crippen molar-refractivity contribution in [1.82, 2.24) is 4.98 Å². The van der Waals surface area contributed by atoms with Gasteiger partial charge < -0.3 is 14.8 Å². The van der Waals surface area contributed by atoms with Crippen molar-refractivity contribution >= 4 is 16.9 Å². The number of carbonyl (C=O) groups is 1. The summed E-state index contributed by atoms with van der Waals surface area (Å²) in [6.07, 6.45) is 3.25. The van der Waals surface area contributed by atoms with E-state index < -0.39 is 11.9 Å². The van der Waals surface area contributed by atoms with Gasteiger partial charge in [-0.3, -0.25) is 4.79 Å². The molecule has 4 nitrogen and oxygen atoms in total. The van der Waals surface area contributed by atoms with E-state index in [0.717, 1.165) is 39.8 Å². The molecule has 0 aliphatic heterocycles. The molecule has 0 aliphatic rings. The third-order valence-corrected chi connectivity index (χ3v) is 5.76. The highest BCUT2D eigenvalue weighted by molar-refractivity contribution is 5.86. The van der Waals surface area contributed by atoms with Crippen molar-refractivity contribution in [3.05, 3.63) is 89.6 Å². The number of aromatic amines is 1. The summed E-state index contributed by atoms with van der Waals surface area (Å²) in [7, 11) is 0. The van der Waals surface area contributed by atoms with Crippen LogP contribution in [0, 0.1) is 12.8 Å². The van der Waals surface area contributed by atoms with E-state index >= 15 is 0 Å². The molecule has 1 heterocycles. The number of aryl methyl sites for hydroxylation is 1. The average molecular weight is 414 g/mol. The van der Waals surface area contributed by atoms with Gasteiger partial charge >= 0.3 is 5.97 Å². The zero-order valence-corrected chi connectivity index (χ0v) is 17.9. The van der Waals surface area contributed by atoms with Crippen molar-refractivity contribution in [3.63, 3.8) is 0 Å². The maximum absolute atomic E-state index is 11.3. The fraction of sp³-hybridized carbons (Fsp3) is 0.222. The summed E-state index contributed by atoms with van der Waals surface area (Å²) in [5, 5.41) is 10.4. The molecule has 2 N–H and O–H groups in total. The number of rotatable bonds is 8. The molecule has 4 heteroatoms. The number of hydrogen-bond acceptors (Lipinski definition) is 2. The van der Waals surface area contributed by atoms with Crippen molar-refractivity contribution in [2.45, 2.75) is 26.7 Å². The summed E-state index contributed by atoms with van der Waals surface area (Å²) in [6.45, 7) is 4.43. The van der Waals surface area contributed by atoms with Gasteiger partial charge in [0.1, 0.15) is 5.75 Å². The van der Waals surface area contributed by atoms with Gasteiger partial charge in [0.05, 0.1) is 12.5 Å². The Bertz CT molecular complexity index is 1210. The van der Waals surface area contributed by atoms with Crippen LogP contribution in [0.2, 0.25) is 0 Å². The van der Waals surface area contributed by atoms with E-state index in [1.165, 1.54) is 11.1 Å². The number of aromatic nitrogens is 1. The van der Waals surface area contributed by atoms with Crippen molar-refractivity contribution in [3.8, 4) is 16.9 Å². The lowest BCUT2D eigenvalue weighted by atomic mass is 9.96. The molecular weight excluding hydrogens is 386 g/mol. The molecule has 0 amide bonds. The fourth-order valence-corrected chi connectivity index (χ4v) is 3.88. The topological polar surface area (TPSA) is 62.3 Å². The third-order valence-electron chi connectivity index (χ3n) is 5.76. The van der Waals surface area contributed by atoms with Crippen LogP contribution in [0.4, 0.5) is 0 Å². The van der Waals surface area contributed by atoms with Gasteiger partial charge in [-0.25, -0.2) is 0 Å². The van der Waals surface area contributed by atoms with Gasteiger partial charge in [-0.15, -0.1) is 0 Å². The SMILES string of the molecule is Cc1ccccc1CCOc1ccc(CC(C)C(=O)O)cc1-c1ccc2[nH]ccc2c1. The van der Waals surface area contributed by atoms with Crippen molar-refractivity contribution in [2.75, 3.05) is 6.61 Å². The van der Waals surface area contributed by atoms with Gasteiger partial charge in [-0.1, -0.05) is 43.3 Å². The zero-order chi connectivity index (χ0) is 21.8. The molecule has 3 aromatic carbocycles. The first kappa shape index (κ1) is 20.7. The lowest BCUT2D eigenvalue weighted by Crippen LogP contribution is -2.12. The summed E-state index contributed by atoms with van der Waals surface area (Å²) >= 11 is 0. The van der Waals surface area contributed by atoms with Crippen LogP contribution < -0.4 is 4.74 Å². The average Bonchev–Trinajstić information content (AvgIpc) is 3.23. The Balaban J connectivity index is 1.62. The number of aliphatic carboxylic acids is 1. The predicted molar refractivity (Wildman–Crippen MR) is 125 cm³/mol. The number of hydrogen-bond donors (Lipinski definition) is 2. The van der Waals surface area contributed by atoms with Crippen molar-refractivity contribution < 1.29 is 14.6 Å². The number of ether oxygens (including phenoxy) is 1. The van der Waals surface area contributed by atoms with Gasteiger partial charge in [0, 0.05) is 23.7 Å². The smallest absolute Gasteiger partial charge is 0.306 e. The molecule has 1 atom stereocenters. The van der Waals surface area contributed by atoms with Gasteiger partial charge in [-0.05, 0) is 71.3 Å². The lowest BCUT2D eigenvalue weighted by Gasteiger charge is -2.15. The molecule has 4 rings (SSSR count). The lowest BCUT2D eigenvalue weighted by molar-refractivity contribution is -0.141. The highest BCUT2D eigenvalue weighted by Gasteiger charge is 2.15. The second kappa shape index (κ2) is 9.09. The van der Waals surface area contributed by atoms with E-state index in [0.29, 0.717) is 13.0 Å². The highest BCUT2D eigenvalue weighted by Crippen LogP contribution is 2.34. The Hall–Kier alpha value is -3.53. The van der Waals surface area contributed by atoms with Crippen LogP contribution in [-0.4, -0.2) is 22.7 Å². The van der Waals surface area contributed by atoms with Gasteiger partial charge in [0.25, 0.3) is 0 Å². The molecule has 0 saturated carbocycles. The fourth-order valence-electron chi connectivity index (χ4n) is 3.88. The molecule has 0 saturated heterocycles. The van der Waals surface area contributed by atoms with Crippen molar-refractivity contribution in [1.29, 1.82) is 0 Å². The molecule has 0 spiro atoms. The van der Waals surface area contributed by atoms with Crippen LogP contribution in [0.25, 0.3) is 22.0 Å². The number of fused-ring (bicyclic) bond motifs is 1. The molecule has 0 radical (unpaired) electrons. The van der Waals surface area contributed by atoms with E-state index in [-0.39, 0.29) is 0 Å². The van der Waals surface area contributed by atoms with Crippen LogP contribution >= 0.6 is 0 Å². The maximum atomic E-state index is 11.3. The number of H-pyrrole nitrogens is 1. The highest BCUT2D eigenvalue weighted by atomic mass is 16.5. The molecule has 0 aliphatic carbocycles. The Morgan fingerprint density at radius 3 is 2.71 bits per heavy atom. The first-order valence-electron chi connectivity index (χ1n) is 10.6. The molecular formula is C27H27NO3. The van der Waals surface area contributed by atoms with E-state index in [1.807, 2.05) is 30.5 Å². The third kappa shape index (κ3) is 4.80. The first-order valence-corrected chi connectivity index (χ1v) is 10.6. The second-order valence-corrected chi connectivity index (χ2v) is 8.08. The largest absolute Gasteiger partial charge is 0.493 e. The minimum Gasteiger partial charge on any atom is -0.493 e. The van der Waals surface area contributed by atoms with Crippen LogP contribution in [0.1, 0.15) is 23.6 Å². The van der Waals surface area contributed by atoms with E-state index in [1.54, 1.807) is 6.92 Å². The molecule has 0 bridgehead atoms. The van der Waals surface area contributed by atoms with Crippen LogP contribution in [0.3, 0.4) is 0 Å². The number of nitrogens with one attached hydrogen (secondary N) is 1. The minimum absolute atomic E-state index is 0.437. The summed E-state index contributed by atoms with van der Waals surface area (Å²) < 4.78 is 6.23. The quantitative estimate of drug-likeness (QED) is 0.371. The van der Waals surface area contributed by atoms with E-state index in [2.05, 4.69) is 54.4 Å². The van der Waals surface area contributed by atoms with Gasteiger partial charge in [0.2, 0.25) is 0 Å². The zero-order valence-electron chi connectivity index (χ0n) is 17.9. The standard InChI is InChI=1S/C27H27NO3/c1-18-5-3-4-6-21(18)12-14-31-26-10-7-20(15-19(2)27(29)30)16-24(26)22-8-9-25-23(17-22)11-13-28-25/h3-11,13,16-17,19,28H,12,14-15H2,1-2H3,(H,29,30). The minimum atomic E-state index is -0.783. The number of carboxylic acids is 1. The van der Waals surface area contributed by atoms with Gasteiger partial charge in [-0.2, -0.15) is 0 Å².